The Morgan fingerprint density at radius 1 is 0.886 bits per heavy atom. The van der Waals surface area contributed by atoms with Crippen molar-refractivity contribution in [1.82, 2.24) is 0 Å². The third-order valence-electron chi connectivity index (χ3n) is 5.83. The second-order valence-electron chi connectivity index (χ2n) is 8.44. The van der Waals surface area contributed by atoms with Crippen molar-refractivity contribution < 1.29 is 14.3 Å². The maximum absolute atomic E-state index is 12.7. The Morgan fingerprint density at radius 2 is 1.54 bits per heavy atom. The predicted octanol–water partition coefficient (Wildman–Crippen LogP) is 6.56. The van der Waals surface area contributed by atoms with Crippen LogP contribution in [0.2, 0.25) is 0 Å². The Balaban J connectivity index is 1.55. The number of nitrogens with one attached hydrogen (secondary N) is 1. The average molecular weight is 488 g/mol. The summed E-state index contributed by atoms with van der Waals surface area (Å²) in [5, 5.41) is 3.78. The van der Waals surface area contributed by atoms with Crippen LogP contribution in [0, 0.1) is 20.8 Å². The molecule has 0 aliphatic carbocycles. The third-order valence-corrected chi connectivity index (χ3v) is 6.81. The molecule has 0 atom stereocenters. The van der Waals surface area contributed by atoms with Crippen molar-refractivity contribution in [2.45, 2.75) is 27.2 Å². The Morgan fingerprint density at radius 3 is 2.20 bits per heavy atom. The molecule has 1 amide bonds. The summed E-state index contributed by atoms with van der Waals surface area (Å²) in [5.41, 5.74) is 7.88. The van der Waals surface area contributed by atoms with Crippen LogP contribution in [0.5, 0.6) is 11.5 Å². The SMILES string of the molecule is COc1ccc(NC(=O)CSC2=Nc3cc(C)c(C)cc3N=C(c3ccc(C)cc3)C2)cc1OC. The van der Waals surface area contributed by atoms with Crippen molar-refractivity contribution >= 4 is 45.5 Å². The zero-order valence-corrected chi connectivity index (χ0v) is 21.5. The summed E-state index contributed by atoms with van der Waals surface area (Å²) in [5.74, 6) is 1.28. The first-order valence-electron chi connectivity index (χ1n) is 11.3. The lowest BCUT2D eigenvalue weighted by Gasteiger charge is -2.11. The van der Waals surface area contributed by atoms with E-state index in [1.807, 2.05) is 0 Å². The first kappa shape index (κ1) is 24.5. The van der Waals surface area contributed by atoms with Crippen LogP contribution in [-0.2, 0) is 4.79 Å². The molecule has 0 fully saturated rings. The molecule has 0 radical (unpaired) electrons. The molecule has 7 heteroatoms. The number of aryl methyl sites for hydroxylation is 3. The van der Waals surface area contributed by atoms with Crippen molar-refractivity contribution in [3.05, 3.63) is 76.9 Å². The first-order chi connectivity index (χ1) is 16.9. The predicted molar refractivity (Wildman–Crippen MR) is 146 cm³/mol. The number of hydrogen-bond donors (Lipinski definition) is 1. The summed E-state index contributed by atoms with van der Waals surface area (Å²) in [7, 11) is 3.15. The molecule has 1 aliphatic heterocycles. The number of amides is 1. The number of ether oxygens (including phenoxy) is 2. The fourth-order valence-corrected chi connectivity index (χ4v) is 4.49. The monoisotopic (exact) mass is 487 g/mol. The maximum atomic E-state index is 12.7. The number of anilines is 1. The largest absolute Gasteiger partial charge is 0.493 e. The van der Waals surface area contributed by atoms with Gasteiger partial charge in [0.2, 0.25) is 5.91 Å². The molecule has 1 N–H and O–H groups in total. The summed E-state index contributed by atoms with van der Waals surface area (Å²) < 4.78 is 10.6. The zero-order valence-electron chi connectivity index (χ0n) is 20.6. The lowest BCUT2D eigenvalue weighted by Crippen LogP contribution is -2.16. The highest BCUT2D eigenvalue weighted by molar-refractivity contribution is 8.14. The van der Waals surface area contributed by atoms with E-state index in [2.05, 4.69) is 62.5 Å². The number of methoxy groups -OCH3 is 2. The molecule has 0 spiro atoms. The van der Waals surface area contributed by atoms with Crippen LogP contribution >= 0.6 is 11.8 Å². The van der Waals surface area contributed by atoms with Gasteiger partial charge in [0.25, 0.3) is 0 Å². The minimum Gasteiger partial charge on any atom is -0.493 e. The minimum absolute atomic E-state index is 0.122. The summed E-state index contributed by atoms with van der Waals surface area (Å²) >= 11 is 1.43. The molecule has 0 saturated carbocycles. The molecule has 0 aromatic heterocycles. The highest BCUT2D eigenvalue weighted by Gasteiger charge is 2.18. The van der Waals surface area contributed by atoms with E-state index < -0.39 is 0 Å². The van der Waals surface area contributed by atoms with E-state index in [0.717, 1.165) is 33.3 Å². The van der Waals surface area contributed by atoms with Crippen LogP contribution in [0.25, 0.3) is 0 Å². The number of rotatable bonds is 6. The summed E-state index contributed by atoms with van der Waals surface area (Å²) in [4.78, 5) is 22.6. The molecule has 180 valence electrons. The van der Waals surface area contributed by atoms with Gasteiger partial charge in [0, 0.05) is 18.2 Å². The summed E-state index contributed by atoms with van der Waals surface area (Å²) in [6.45, 7) is 6.23. The standard InChI is InChI=1S/C28H29N3O3S/c1-17-6-8-20(9-7-17)22-15-28(31-24-13-19(3)18(2)12-23(24)30-22)35-16-27(32)29-21-10-11-25(33-4)26(14-21)34-5/h6-14H,15-16H2,1-5H3,(H,29,32). The van der Waals surface area contributed by atoms with E-state index in [-0.39, 0.29) is 11.7 Å². The number of aliphatic imine (C=N–C) groups is 2. The van der Waals surface area contributed by atoms with Gasteiger partial charge in [0.1, 0.15) is 0 Å². The molecular weight excluding hydrogens is 458 g/mol. The van der Waals surface area contributed by atoms with Gasteiger partial charge in [-0.25, -0.2) is 4.99 Å². The number of nitrogens with zero attached hydrogens (tertiary/aromatic N) is 2. The van der Waals surface area contributed by atoms with E-state index in [0.29, 0.717) is 23.6 Å². The molecule has 35 heavy (non-hydrogen) atoms. The molecule has 6 nitrogen and oxygen atoms in total. The smallest absolute Gasteiger partial charge is 0.234 e. The highest BCUT2D eigenvalue weighted by Crippen LogP contribution is 2.36. The molecule has 0 bridgehead atoms. The van der Waals surface area contributed by atoms with E-state index in [1.165, 1.54) is 22.9 Å². The topological polar surface area (TPSA) is 72.3 Å². The van der Waals surface area contributed by atoms with Gasteiger partial charge >= 0.3 is 0 Å². The van der Waals surface area contributed by atoms with Crippen LogP contribution < -0.4 is 14.8 Å². The lowest BCUT2D eigenvalue weighted by molar-refractivity contribution is -0.113. The average Bonchev–Trinajstić information content (AvgIpc) is 3.02. The van der Waals surface area contributed by atoms with Crippen molar-refractivity contribution in [2.24, 2.45) is 9.98 Å². The Labute approximate surface area is 210 Å². The van der Waals surface area contributed by atoms with Crippen molar-refractivity contribution in [1.29, 1.82) is 0 Å². The Bertz CT molecular complexity index is 1310. The Kier molecular flexibility index (Phi) is 7.56. The summed E-state index contributed by atoms with van der Waals surface area (Å²) in [6.07, 6.45) is 0.560. The number of carbonyl (C=O) groups is 1. The van der Waals surface area contributed by atoms with Gasteiger partial charge in [-0.15, -0.1) is 11.8 Å². The molecule has 1 heterocycles. The van der Waals surface area contributed by atoms with E-state index in [4.69, 9.17) is 19.5 Å². The molecule has 3 aromatic carbocycles. The normalized spacial score (nSPS) is 12.7. The molecular formula is C28H29N3O3S. The van der Waals surface area contributed by atoms with Crippen LogP contribution in [0.3, 0.4) is 0 Å². The van der Waals surface area contributed by atoms with Crippen molar-refractivity contribution in [2.75, 3.05) is 25.3 Å². The molecule has 1 aliphatic rings. The van der Waals surface area contributed by atoms with Crippen LogP contribution in [-0.4, -0.2) is 36.6 Å². The van der Waals surface area contributed by atoms with E-state index in [9.17, 15) is 4.79 Å². The maximum Gasteiger partial charge on any atom is 0.234 e. The van der Waals surface area contributed by atoms with Crippen LogP contribution in [0.15, 0.2) is 64.6 Å². The number of carbonyl (C=O) groups excluding carboxylic acids is 1. The quantitative estimate of drug-likeness (QED) is 0.428. The number of benzene rings is 3. The number of thioether (sulfide) groups is 1. The van der Waals surface area contributed by atoms with Gasteiger partial charge in [0.15, 0.2) is 11.5 Å². The van der Waals surface area contributed by atoms with Gasteiger partial charge in [-0.05, 0) is 61.7 Å². The van der Waals surface area contributed by atoms with Gasteiger partial charge in [0.05, 0.1) is 42.1 Å². The van der Waals surface area contributed by atoms with Crippen molar-refractivity contribution in [3.8, 4) is 11.5 Å². The highest BCUT2D eigenvalue weighted by atomic mass is 32.2. The first-order valence-corrected chi connectivity index (χ1v) is 12.3. The summed E-state index contributed by atoms with van der Waals surface area (Å²) in [6, 6.07) is 17.8. The van der Waals surface area contributed by atoms with Crippen LogP contribution in [0.1, 0.15) is 28.7 Å². The van der Waals surface area contributed by atoms with Gasteiger partial charge in [-0.2, -0.15) is 0 Å². The van der Waals surface area contributed by atoms with E-state index >= 15 is 0 Å². The molecule has 0 saturated heterocycles. The lowest BCUT2D eigenvalue weighted by atomic mass is 10.1. The number of fused-ring (bicyclic) bond motifs is 1. The molecule has 4 rings (SSSR count). The molecule has 0 unspecified atom stereocenters. The van der Waals surface area contributed by atoms with Gasteiger partial charge in [-0.3, -0.25) is 9.79 Å². The fraction of sp³-hybridized carbons (Fsp3) is 0.250. The molecule has 3 aromatic rings. The Hall–Kier alpha value is -3.58. The van der Waals surface area contributed by atoms with Gasteiger partial charge < -0.3 is 14.8 Å². The van der Waals surface area contributed by atoms with Crippen molar-refractivity contribution in [3.63, 3.8) is 0 Å². The third kappa shape index (κ3) is 5.92. The van der Waals surface area contributed by atoms with Crippen LogP contribution in [0.4, 0.5) is 17.1 Å². The minimum atomic E-state index is -0.122. The second-order valence-corrected chi connectivity index (χ2v) is 9.49. The van der Waals surface area contributed by atoms with Gasteiger partial charge in [-0.1, -0.05) is 29.8 Å². The second kappa shape index (κ2) is 10.8. The van der Waals surface area contributed by atoms with E-state index in [1.54, 1.807) is 32.4 Å². The number of hydrogen-bond acceptors (Lipinski definition) is 6. The fourth-order valence-electron chi connectivity index (χ4n) is 3.72. The zero-order chi connectivity index (χ0) is 24.9.